The average Bonchev–Trinajstić information content (AvgIpc) is 2.95. The molecule has 96 valence electrons. The molecular weight excluding hydrogens is 320 g/mol. The summed E-state index contributed by atoms with van der Waals surface area (Å²) in [7, 11) is 0. The van der Waals surface area contributed by atoms with Crippen molar-refractivity contribution in [2.75, 3.05) is 0 Å². The minimum absolute atomic E-state index is 0.300. The Hall–Kier alpha value is -1.26. The van der Waals surface area contributed by atoms with Gasteiger partial charge in [0.05, 0.1) is 4.83 Å². The van der Waals surface area contributed by atoms with E-state index >= 15 is 0 Å². The first-order valence-corrected chi connectivity index (χ1v) is 7.98. The van der Waals surface area contributed by atoms with Crippen molar-refractivity contribution in [2.24, 2.45) is 0 Å². The zero-order valence-electron chi connectivity index (χ0n) is 10.5. The van der Waals surface area contributed by atoms with Crippen molar-refractivity contribution in [2.45, 2.75) is 18.2 Å². The van der Waals surface area contributed by atoms with Crippen LogP contribution >= 0.6 is 27.3 Å². The Labute approximate surface area is 124 Å². The predicted molar refractivity (Wildman–Crippen MR) is 84.8 cm³/mol. The van der Waals surface area contributed by atoms with Gasteiger partial charge >= 0.3 is 0 Å². The molecule has 0 amide bonds. The van der Waals surface area contributed by atoms with Crippen molar-refractivity contribution in [1.29, 1.82) is 0 Å². The van der Waals surface area contributed by atoms with Gasteiger partial charge in [-0.2, -0.15) is 0 Å². The van der Waals surface area contributed by atoms with Crippen LogP contribution in [0.1, 0.15) is 23.2 Å². The molecule has 0 aliphatic heterocycles. The zero-order valence-corrected chi connectivity index (χ0v) is 12.9. The molecule has 0 saturated heterocycles. The lowest BCUT2D eigenvalue weighted by Crippen LogP contribution is -1.85. The molecule has 0 aliphatic carbocycles. The molecule has 0 spiro atoms. The molecule has 0 fully saturated rings. The Morgan fingerprint density at radius 3 is 2.74 bits per heavy atom. The van der Waals surface area contributed by atoms with E-state index in [1.54, 1.807) is 11.3 Å². The van der Waals surface area contributed by atoms with Crippen molar-refractivity contribution < 1.29 is 0 Å². The fourth-order valence-corrected chi connectivity index (χ4v) is 3.37. The van der Waals surface area contributed by atoms with Gasteiger partial charge < -0.3 is 0 Å². The Kier molecular flexibility index (Phi) is 3.62. The van der Waals surface area contributed by atoms with Gasteiger partial charge in [0.1, 0.15) is 10.0 Å². The first-order chi connectivity index (χ1) is 9.29. The largest absolute Gasteiger partial charge is 0.148 e. The number of aromatic nitrogens is 2. The number of fused-ring (bicyclic) bond motifs is 1. The van der Waals surface area contributed by atoms with Crippen molar-refractivity contribution in [1.82, 2.24) is 10.2 Å². The molecule has 0 bridgehead atoms. The van der Waals surface area contributed by atoms with Gasteiger partial charge in [0.2, 0.25) is 0 Å². The molecule has 1 atom stereocenters. The smallest absolute Gasteiger partial charge is 0.142 e. The molecular formula is C15H13BrN2S. The van der Waals surface area contributed by atoms with E-state index in [4.69, 9.17) is 0 Å². The second-order valence-corrected chi connectivity index (χ2v) is 6.46. The van der Waals surface area contributed by atoms with E-state index in [2.05, 4.69) is 75.5 Å². The third-order valence-corrected chi connectivity index (χ3v) is 5.54. The van der Waals surface area contributed by atoms with Crippen molar-refractivity contribution in [3.05, 3.63) is 47.5 Å². The van der Waals surface area contributed by atoms with Gasteiger partial charge in [-0.05, 0) is 17.2 Å². The summed E-state index contributed by atoms with van der Waals surface area (Å²) in [6, 6.07) is 14.7. The molecule has 1 unspecified atom stereocenters. The first-order valence-electron chi connectivity index (χ1n) is 6.25. The Balaban J connectivity index is 2.12. The summed E-state index contributed by atoms with van der Waals surface area (Å²) in [6.45, 7) is 2.14. The summed E-state index contributed by atoms with van der Waals surface area (Å²) in [6.07, 6.45) is 1.02. The number of nitrogens with zero attached hydrogens (tertiary/aromatic N) is 2. The van der Waals surface area contributed by atoms with Gasteiger partial charge in [0.15, 0.2) is 0 Å². The highest BCUT2D eigenvalue weighted by molar-refractivity contribution is 9.09. The maximum atomic E-state index is 4.34. The first kappa shape index (κ1) is 12.8. The molecule has 0 radical (unpaired) electrons. The molecule has 19 heavy (non-hydrogen) atoms. The number of hydrogen-bond acceptors (Lipinski definition) is 3. The zero-order chi connectivity index (χ0) is 13.2. The highest BCUT2D eigenvalue weighted by atomic mass is 79.9. The van der Waals surface area contributed by atoms with Crippen LogP contribution in [0.25, 0.3) is 21.3 Å². The minimum atomic E-state index is 0.300. The summed E-state index contributed by atoms with van der Waals surface area (Å²) >= 11 is 5.29. The van der Waals surface area contributed by atoms with Crippen molar-refractivity contribution >= 4 is 38.0 Å². The average molecular weight is 333 g/mol. The molecule has 2 nitrogen and oxygen atoms in total. The van der Waals surface area contributed by atoms with Crippen LogP contribution in [0.2, 0.25) is 0 Å². The number of rotatable bonds is 3. The molecule has 3 aromatic rings. The molecule has 3 rings (SSSR count). The minimum Gasteiger partial charge on any atom is -0.142 e. The lowest BCUT2D eigenvalue weighted by atomic mass is 10.1. The van der Waals surface area contributed by atoms with E-state index in [0.29, 0.717) is 4.83 Å². The van der Waals surface area contributed by atoms with Crippen molar-refractivity contribution in [3.8, 4) is 10.6 Å². The molecule has 0 N–H and O–H groups in total. The van der Waals surface area contributed by atoms with E-state index < -0.39 is 0 Å². The topological polar surface area (TPSA) is 25.8 Å². The lowest BCUT2D eigenvalue weighted by molar-refractivity contribution is 0.870. The molecule has 0 aliphatic rings. The maximum Gasteiger partial charge on any atom is 0.148 e. The molecule has 2 aromatic carbocycles. The molecule has 0 saturated carbocycles. The van der Waals surface area contributed by atoms with Crippen LogP contribution in [0, 0.1) is 0 Å². The molecule has 1 heterocycles. The van der Waals surface area contributed by atoms with E-state index in [9.17, 15) is 0 Å². The van der Waals surface area contributed by atoms with Crippen LogP contribution in [0.15, 0.2) is 42.5 Å². The van der Waals surface area contributed by atoms with Gasteiger partial charge in [-0.25, -0.2) is 0 Å². The highest BCUT2D eigenvalue weighted by Crippen LogP contribution is 2.35. The van der Waals surface area contributed by atoms with Gasteiger partial charge in [-0.15, -0.1) is 10.2 Å². The number of halogens is 1. The number of alkyl halides is 1. The number of hydrogen-bond donors (Lipinski definition) is 0. The van der Waals surface area contributed by atoms with Crippen LogP contribution in [0.4, 0.5) is 0 Å². The van der Waals surface area contributed by atoms with Crippen LogP contribution < -0.4 is 0 Å². The Morgan fingerprint density at radius 2 is 1.89 bits per heavy atom. The number of benzene rings is 2. The summed E-state index contributed by atoms with van der Waals surface area (Å²) in [5, 5.41) is 13.1. The standard InChI is InChI=1S/C15H13BrN2S/c1-2-13(16)15-18-17-14(19-15)12-9-5-7-10-6-3-4-8-11(10)12/h3-9,13H,2H2,1H3. The van der Waals surface area contributed by atoms with E-state index in [-0.39, 0.29) is 0 Å². The van der Waals surface area contributed by atoms with Crippen LogP contribution in [0.3, 0.4) is 0 Å². The second-order valence-electron chi connectivity index (χ2n) is 4.35. The Morgan fingerprint density at radius 1 is 1.11 bits per heavy atom. The SMILES string of the molecule is CCC(Br)c1nnc(-c2cccc3ccccc23)s1. The quantitative estimate of drug-likeness (QED) is 0.615. The molecule has 1 aromatic heterocycles. The van der Waals surface area contributed by atoms with E-state index in [0.717, 1.165) is 22.0 Å². The van der Waals surface area contributed by atoms with Gasteiger partial charge in [0, 0.05) is 5.56 Å². The third kappa shape index (κ3) is 2.42. The summed E-state index contributed by atoms with van der Waals surface area (Å²) < 4.78 is 0. The lowest BCUT2D eigenvalue weighted by Gasteiger charge is -2.02. The third-order valence-electron chi connectivity index (χ3n) is 3.09. The fraction of sp³-hybridized carbons (Fsp3) is 0.200. The van der Waals surface area contributed by atoms with Crippen LogP contribution in [-0.2, 0) is 0 Å². The molecule has 4 heteroatoms. The normalized spacial score (nSPS) is 12.7. The van der Waals surface area contributed by atoms with Gasteiger partial charge in [0.25, 0.3) is 0 Å². The van der Waals surface area contributed by atoms with Crippen molar-refractivity contribution in [3.63, 3.8) is 0 Å². The maximum absolute atomic E-state index is 4.34. The van der Waals surface area contributed by atoms with Crippen LogP contribution in [-0.4, -0.2) is 10.2 Å². The second kappa shape index (κ2) is 5.39. The monoisotopic (exact) mass is 332 g/mol. The Bertz CT molecular complexity index is 703. The summed E-state index contributed by atoms with van der Waals surface area (Å²) in [5.74, 6) is 0. The van der Waals surface area contributed by atoms with E-state index in [1.807, 2.05) is 0 Å². The predicted octanol–water partition coefficient (Wildman–Crippen LogP) is 5.20. The fourth-order valence-electron chi connectivity index (χ4n) is 2.06. The van der Waals surface area contributed by atoms with Crippen LogP contribution in [0.5, 0.6) is 0 Å². The summed E-state index contributed by atoms with van der Waals surface area (Å²) in [5.41, 5.74) is 1.16. The van der Waals surface area contributed by atoms with Gasteiger partial charge in [-0.3, -0.25) is 0 Å². The van der Waals surface area contributed by atoms with E-state index in [1.165, 1.54) is 10.8 Å². The summed E-state index contributed by atoms with van der Waals surface area (Å²) in [4.78, 5) is 0.300. The highest BCUT2D eigenvalue weighted by Gasteiger charge is 2.14. The van der Waals surface area contributed by atoms with Gasteiger partial charge in [-0.1, -0.05) is 76.7 Å².